The van der Waals surface area contributed by atoms with Crippen LogP contribution in [0.5, 0.6) is 5.75 Å². The molecule has 1 aliphatic rings. The molecule has 1 amide bonds. The van der Waals surface area contributed by atoms with Crippen LogP contribution in [0.15, 0.2) is 71.6 Å². The highest BCUT2D eigenvalue weighted by atomic mass is 35.5. The zero-order chi connectivity index (χ0) is 22.8. The molecule has 1 N–H and O–H groups in total. The lowest BCUT2D eigenvalue weighted by Gasteiger charge is -2.24. The van der Waals surface area contributed by atoms with E-state index in [0.29, 0.717) is 34.5 Å². The highest BCUT2D eigenvalue weighted by Gasteiger charge is 2.47. The molecule has 3 aromatic rings. The number of halogens is 1. The Morgan fingerprint density at radius 1 is 1.12 bits per heavy atom. The largest absolute Gasteiger partial charge is 0.507 e. The molecule has 4 rings (SSSR count). The first-order valence-corrected chi connectivity index (χ1v) is 11.5. The Balaban J connectivity index is 1.82. The van der Waals surface area contributed by atoms with E-state index >= 15 is 0 Å². The Hall–Kier alpha value is -3.09. The summed E-state index contributed by atoms with van der Waals surface area (Å²) in [4.78, 5) is 28.4. The van der Waals surface area contributed by atoms with Gasteiger partial charge in [-0.15, -0.1) is 11.3 Å². The van der Waals surface area contributed by atoms with Crippen molar-refractivity contribution in [2.45, 2.75) is 19.9 Å². The lowest BCUT2D eigenvalue weighted by Crippen LogP contribution is -2.29. The number of hydrogen-bond donors (Lipinski definition) is 1. The highest BCUT2D eigenvalue weighted by molar-refractivity contribution is 7.10. The third kappa shape index (κ3) is 4.29. The molecule has 7 heteroatoms. The number of ether oxygens (including phenoxy) is 1. The number of thiophene rings is 1. The van der Waals surface area contributed by atoms with Gasteiger partial charge in [0.2, 0.25) is 0 Å². The molecule has 2 heterocycles. The van der Waals surface area contributed by atoms with E-state index in [0.717, 1.165) is 4.88 Å². The monoisotopic (exact) mass is 467 g/mol. The van der Waals surface area contributed by atoms with Gasteiger partial charge in [0.15, 0.2) is 0 Å². The lowest BCUT2D eigenvalue weighted by molar-refractivity contribution is -0.132. The molecule has 1 aromatic heterocycles. The van der Waals surface area contributed by atoms with Crippen LogP contribution < -0.4 is 9.64 Å². The highest BCUT2D eigenvalue weighted by Crippen LogP contribution is 2.43. The smallest absolute Gasteiger partial charge is 0.300 e. The summed E-state index contributed by atoms with van der Waals surface area (Å²) in [5.41, 5.74) is 0.998. The number of rotatable bonds is 6. The average Bonchev–Trinajstić information content (AvgIpc) is 3.40. The number of hydrogen-bond acceptors (Lipinski definition) is 5. The van der Waals surface area contributed by atoms with E-state index in [1.165, 1.54) is 16.2 Å². The van der Waals surface area contributed by atoms with Crippen molar-refractivity contribution in [1.82, 2.24) is 0 Å². The van der Waals surface area contributed by atoms with Crippen molar-refractivity contribution in [3.8, 4) is 5.75 Å². The van der Waals surface area contributed by atoms with Crippen molar-refractivity contribution in [2.75, 3.05) is 11.5 Å². The summed E-state index contributed by atoms with van der Waals surface area (Å²) in [6.07, 6.45) is 0. The fraction of sp³-hybridized carbons (Fsp3) is 0.200. The molecule has 32 heavy (non-hydrogen) atoms. The maximum Gasteiger partial charge on any atom is 0.300 e. The van der Waals surface area contributed by atoms with Crippen LogP contribution in [0.4, 0.5) is 5.69 Å². The quantitative estimate of drug-likeness (QED) is 0.272. The van der Waals surface area contributed by atoms with Crippen molar-refractivity contribution in [2.24, 2.45) is 5.92 Å². The van der Waals surface area contributed by atoms with Crippen LogP contribution >= 0.6 is 22.9 Å². The number of ketones is 1. The number of aliphatic hydroxyl groups is 1. The summed E-state index contributed by atoms with van der Waals surface area (Å²) in [6, 6.07) is 16.6. The van der Waals surface area contributed by atoms with Gasteiger partial charge in [-0.05, 0) is 53.8 Å². The van der Waals surface area contributed by atoms with Gasteiger partial charge < -0.3 is 9.84 Å². The lowest BCUT2D eigenvalue weighted by atomic mass is 9.99. The maximum absolute atomic E-state index is 13.1. The number of carbonyl (C=O) groups is 2. The van der Waals surface area contributed by atoms with E-state index in [2.05, 4.69) is 0 Å². The Morgan fingerprint density at radius 2 is 1.88 bits per heavy atom. The predicted octanol–water partition coefficient (Wildman–Crippen LogP) is 6.06. The molecule has 1 fully saturated rings. The van der Waals surface area contributed by atoms with Gasteiger partial charge in [-0.1, -0.05) is 43.6 Å². The summed E-state index contributed by atoms with van der Waals surface area (Å²) < 4.78 is 5.76. The van der Waals surface area contributed by atoms with E-state index in [9.17, 15) is 14.7 Å². The molecule has 1 aliphatic heterocycles. The summed E-state index contributed by atoms with van der Waals surface area (Å²) in [5.74, 6) is -0.727. The molecule has 164 valence electrons. The minimum atomic E-state index is -0.739. The van der Waals surface area contributed by atoms with Crippen LogP contribution in [0.1, 0.15) is 30.3 Å². The van der Waals surface area contributed by atoms with Gasteiger partial charge in [0.05, 0.1) is 12.2 Å². The number of anilines is 1. The van der Waals surface area contributed by atoms with Gasteiger partial charge in [-0.3, -0.25) is 14.5 Å². The molecule has 0 saturated carbocycles. The standard InChI is InChI=1S/C25H22ClNO4S/c1-15(2)14-31-19-6-3-5-16(13-19)23(28)21-22(20-7-4-12-32-20)27(25(30)24(21)29)18-10-8-17(26)9-11-18/h3-13,15,22,28H,14H2,1-2H3/b23-21-. The predicted molar refractivity (Wildman–Crippen MR) is 127 cm³/mol. The Kier molecular flexibility index (Phi) is 6.35. The van der Waals surface area contributed by atoms with Crippen LogP contribution in [0.2, 0.25) is 5.02 Å². The van der Waals surface area contributed by atoms with Crippen molar-refractivity contribution in [1.29, 1.82) is 0 Å². The van der Waals surface area contributed by atoms with Crippen molar-refractivity contribution in [3.63, 3.8) is 0 Å². The zero-order valence-corrected chi connectivity index (χ0v) is 19.2. The minimum Gasteiger partial charge on any atom is -0.507 e. The number of carbonyl (C=O) groups excluding carboxylic acids is 2. The van der Waals surface area contributed by atoms with Crippen LogP contribution in [0.25, 0.3) is 5.76 Å². The molecule has 0 spiro atoms. The fourth-order valence-corrected chi connectivity index (χ4v) is 4.52. The van der Waals surface area contributed by atoms with Crippen LogP contribution in [-0.4, -0.2) is 23.4 Å². The van der Waals surface area contributed by atoms with Gasteiger partial charge in [-0.2, -0.15) is 0 Å². The van der Waals surface area contributed by atoms with Gasteiger partial charge in [-0.25, -0.2) is 0 Å². The minimum absolute atomic E-state index is 0.0495. The topological polar surface area (TPSA) is 66.8 Å². The van der Waals surface area contributed by atoms with E-state index in [1.807, 2.05) is 31.4 Å². The average molecular weight is 468 g/mol. The van der Waals surface area contributed by atoms with Gasteiger partial charge in [0.25, 0.3) is 11.7 Å². The molecule has 0 radical (unpaired) electrons. The molecule has 5 nitrogen and oxygen atoms in total. The molecule has 0 bridgehead atoms. The number of amides is 1. The molecule has 1 unspecified atom stereocenters. The summed E-state index contributed by atoms with van der Waals surface area (Å²) in [5, 5.41) is 13.6. The summed E-state index contributed by atoms with van der Waals surface area (Å²) >= 11 is 7.42. The van der Waals surface area contributed by atoms with Crippen LogP contribution in [-0.2, 0) is 9.59 Å². The van der Waals surface area contributed by atoms with Crippen molar-refractivity contribution >= 4 is 46.1 Å². The third-order valence-corrected chi connectivity index (χ3v) is 6.23. The molecule has 0 aliphatic carbocycles. The summed E-state index contributed by atoms with van der Waals surface area (Å²) in [7, 11) is 0. The second-order valence-electron chi connectivity index (χ2n) is 7.89. The Labute approximate surface area is 195 Å². The molecule has 1 atom stereocenters. The van der Waals surface area contributed by atoms with Crippen molar-refractivity contribution < 1.29 is 19.4 Å². The Morgan fingerprint density at radius 3 is 2.53 bits per heavy atom. The van der Waals surface area contributed by atoms with E-state index in [1.54, 1.807) is 48.5 Å². The zero-order valence-electron chi connectivity index (χ0n) is 17.6. The number of benzene rings is 2. The number of nitrogens with zero attached hydrogens (tertiary/aromatic N) is 1. The van der Waals surface area contributed by atoms with E-state index in [-0.39, 0.29) is 11.3 Å². The first-order chi connectivity index (χ1) is 15.4. The first-order valence-electron chi connectivity index (χ1n) is 10.2. The van der Waals surface area contributed by atoms with Gasteiger partial charge >= 0.3 is 0 Å². The van der Waals surface area contributed by atoms with Gasteiger partial charge in [0.1, 0.15) is 17.6 Å². The molecular formula is C25H22ClNO4S. The SMILES string of the molecule is CC(C)COc1cccc(/C(O)=C2/C(=O)C(=O)N(c3ccc(Cl)cc3)C2c2cccs2)c1. The number of Topliss-reactive ketones (excluding diaryl/α,β-unsaturated/α-hetero) is 1. The second kappa shape index (κ2) is 9.18. The normalized spacial score (nSPS) is 17.9. The van der Waals surface area contributed by atoms with E-state index in [4.69, 9.17) is 16.3 Å². The molecular weight excluding hydrogens is 446 g/mol. The second-order valence-corrected chi connectivity index (χ2v) is 9.31. The summed E-state index contributed by atoms with van der Waals surface area (Å²) in [6.45, 7) is 4.62. The fourth-order valence-electron chi connectivity index (χ4n) is 3.57. The maximum atomic E-state index is 13.1. The Bertz CT molecular complexity index is 1170. The van der Waals surface area contributed by atoms with Crippen molar-refractivity contribution in [3.05, 3.63) is 87.1 Å². The van der Waals surface area contributed by atoms with Crippen LogP contribution in [0.3, 0.4) is 0 Å². The number of aliphatic hydroxyl groups excluding tert-OH is 1. The van der Waals surface area contributed by atoms with Crippen LogP contribution in [0, 0.1) is 5.92 Å². The first kappa shape index (κ1) is 22.1. The third-order valence-electron chi connectivity index (χ3n) is 5.05. The van der Waals surface area contributed by atoms with E-state index < -0.39 is 17.7 Å². The molecule has 1 saturated heterocycles. The van der Waals surface area contributed by atoms with Gasteiger partial charge in [0, 0.05) is 21.2 Å². The molecule has 2 aromatic carbocycles.